The van der Waals surface area contributed by atoms with E-state index in [1.165, 1.54) is 0 Å². The fourth-order valence-electron chi connectivity index (χ4n) is 0.696. The third kappa shape index (κ3) is 6.81. The third-order valence-corrected chi connectivity index (χ3v) is 1.95. The molecule has 0 spiro atoms. The topological polar surface area (TPSA) is 112 Å². The third-order valence-electron chi connectivity index (χ3n) is 1.12. The number of esters is 1. The first-order chi connectivity index (χ1) is 6.01. The lowest BCUT2D eigenvalue weighted by molar-refractivity contribution is -0.155. The van der Waals surface area contributed by atoms with Crippen molar-refractivity contribution < 1.29 is 17.9 Å². The molecule has 0 saturated carbocycles. The molecule has 0 amide bonds. The number of hydrogen-bond donors (Lipinski definition) is 2. The zero-order valence-electron chi connectivity index (χ0n) is 8.48. The van der Waals surface area contributed by atoms with Crippen molar-refractivity contribution in [2.75, 3.05) is 5.75 Å². The van der Waals surface area contributed by atoms with Crippen molar-refractivity contribution in [2.24, 2.45) is 10.9 Å². The molecule has 0 radical (unpaired) electrons. The second-order valence-electron chi connectivity index (χ2n) is 3.97. The Morgan fingerprint density at radius 1 is 1.43 bits per heavy atom. The predicted octanol–water partition coefficient (Wildman–Crippen LogP) is -1.06. The molecule has 4 N–H and O–H groups in total. The van der Waals surface area contributed by atoms with Gasteiger partial charge in [0.05, 0.1) is 5.75 Å². The SMILES string of the molecule is CC(C)(C)OC(=O)C(N)CS(N)(=O)=O. The summed E-state index contributed by atoms with van der Waals surface area (Å²) in [6.45, 7) is 4.98. The molecule has 0 rings (SSSR count). The molecule has 0 saturated heterocycles. The predicted molar refractivity (Wildman–Crippen MR) is 51.8 cm³/mol. The summed E-state index contributed by atoms with van der Waals surface area (Å²) in [4.78, 5) is 11.2. The van der Waals surface area contributed by atoms with Gasteiger partial charge in [-0.05, 0) is 20.8 Å². The highest BCUT2D eigenvalue weighted by molar-refractivity contribution is 7.89. The summed E-state index contributed by atoms with van der Waals surface area (Å²) in [5, 5.41) is 4.72. The molecule has 0 aliphatic carbocycles. The van der Waals surface area contributed by atoms with E-state index in [0.29, 0.717) is 0 Å². The zero-order chi connectivity index (χ0) is 11.6. The minimum Gasteiger partial charge on any atom is -0.459 e. The highest BCUT2D eigenvalue weighted by Gasteiger charge is 2.25. The molecular weight excluding hydrogens is 208 g/mol. The molecule has 6 nitrogen and oxygen atoms in total. The van der Waals surface area contributed by atoms with Crippen LogP contribution in [-0.4, -0.2) is 31.8 Å². The lowest BCUT2D eigenvalue weighted by Gasteiger charge is -2.21. The number of hydrogen-bond acceptors (Lipinski definition) is 5. The van der Waals surface area contributed by atoms with E-state index in [0.717, 1.165) is 0 Å². The Hall–Kier alpha value is -0.660. The Labute approximate surface area is 83.6 Å². The van der Waals surface area contributed by atoms with Gasteiger partial charge in [0.1, 0.15) is 11.6 Å². The van der Waals surface area contributed by atoms with Gasteiger partial charge in [0, 0.05) is 0 Å². The molecule has 0 aliphatic rings. The summed E-state index contributed by atoms with van der Waals surface area (Å²) < 4.78 is 26.1. The van der Waals surface area contributed by atoms with Crippen LogP contribution in [0.15, 0.2) is 0 Å². The number of carbonyl (C=O) groups is 1. The van der Waals surface area contributed by atoms with Gasteiger partial charge >= 0.3 is 5.97 Å². The van der Waals surface area contributed by atoms with Crippen LogP contribution in [0.1, 0.15) is 20.8 Å². The number of carbonyl (C=O) groups excluding carboxylic acids is 1. The minimum atomic E-state index is -3.75. The molecule has 0 aromatic rings. The molecule has 1 atom stereocenters. The summed E-state index contributed by atoms with van der Waals surface area (Å²) in [6, 6.07) is -1.23. The molecule has 0 bridgehead atoms. The van der Waals surface area contributed by atoms with E-state index < -0.39 is 33.4 Å². The maximum absolute atomic E-state index is 11.2. The van der Waals surface area contributed by atoms with Crippen LogP contribution in [-0.2, 0) is 19.6 Å². The van der Waals surface area contributed by atoms with Gasteiger partial charge in [-0.1, -0.05) is 0 Å². The van der Waals surface area contributed by atoms with E-state index >= 15 is 0 Å². The van der Waals surface area contributed by atoms with Gasteiger partial charge < -0.3 is 10.5 Å². The van der Waals surface area contributed by atoms with E-state index in [9.17, 15) is 13.2 Å². The van der Waals surface area contributed by atoms with Gasteiger partial charge in [-0.25, -0.2) is 13.6 Å². The molecule has 84 valence electrons. The van der Waals surface area contributed by atoms with Crippen LogP contribution >= 0.6 is 0 Å². The van der Waals surface area contributed by atoms with E-state index in [1.54, 1.807) is 20.8 Å². The Morgan fingerprint density at radius 3 is 2.14 bits per heavy atom. The summed E-state index contributed by atoms with van der Waals surface area (Å²) >= 11 is 0. The molecule has 0 aromatic carbocycles. The quantitative estimate of drug-likeness (QED) is 0.593. The fraction of sp³-hybridized carbons (Fsp3) is 0.857. The first-order valence-electron chi connectivity index (χ1n) is 4.00. The summed E-state index contributed by atoms with van der Waals surface area (Å²) in [7, 11) is -3.75. The molecule has 1 unspecified atom stereocenters. The van der Waals surface area contributed by atoms with Gasteiger partial charge in [0.25, 0.3) is 0 Å². The van der Waals surface area contributed by atoms with Crippen molar-refractivity contribution in [3.8, 4) is 0 Å². The number of primary sulfonamides is 1. The van der Waals surface area contributed by atoms with E-state index in [-0.39, 0.29) is 0 Å². The van der Waals surface area contributed by atoms with Crippen molar-refractivity contribution in [1.29, 1.82) is 0 Å². The molecule has 14 heavy (non-hydrogen) atoms. The Morgan fingerprint density at radius 2 is 1.86 bits per heavy atom. The van der Waals surface area contributed by atoms with Crippen molar-refractivity contribution in [3.63, 3.8) is 0 Å². The smallest absolute Gasteiger partial charge is 0.324 e. The Kier molecular flexibility index (Phi) is 4.04. The molecule has 0 heterocycles. The number of ether oxygens (including phenoxy) is 1. The molecular formula is C7H16N2O4S. The number of rotatable bonds is 3. The largest absolute Gasteiger partial charge is 0.459 e. The molecule has 7 heteroatoms. The first-order valence-corrected chi connectivity index (χ1v) is 5.72. The lowest BCUT2D eigenvalue weighted by Crippen LogP contribution is -2.43. The van der Waals surface area contributed by atoms with Crippen LogP contribution < -0.4 is 10.9 Å². The fourth-order valence-corrected chi connectivity index (χ4v) is 1.33. The van der Waals surface area contributed by atoms with Crippen LogP contribution in [0.5, 0.6) is 0 Å². The summed E-state index contributed by atoms with van der Waals surface area (Å²) in [6.07, 6.45) is 0. The van der Waals surface area contributed by atoms with Gasteiger partial charge in [-0.15, -0.1) is 0 Å². The van der Waals surface area contributed by atoms with Crippen LogP contribution in [0, 0.1) is 0 Å². The van der Waals surface area contributed by atoms with Crippen molar-refractivity contribution in [1.82, 2.24) is 0 Å². The van der Waals surface area contributed by atoms with Crippen LogP contribution in [0.3, 0.4) is 0 Å². The summed E-state index contributed by atoms with van der Waals surface area (Å²) in [5.74, 6) is -1.38. The second-order valence-corrected chi connectivity index (χ2v) is 5.63. The second kappa shape index (κ2) is 4.24. The van der Waals surface area contributed by atoms with E-state index in [4.69, 9.17) is 15.6 Å². The van der Waals surface area contributed by atoms with Crippen LogP contribution in [0.4, 0.5) is 0 Å². The van der Waals surface area contributed by atoms with Gasteiger partial charge in [-0.3, -0.25) is 4.79 Å². The van der Waals surface area contributed by atoms with Crippen LogP contribution in [0.25, 0.3) is 0 Å². The number of sulfonamides is 1. The summed E-state index contributed by atoms with van der Waals surface area (Å²) in [5.41, 5.74) is 4.59. The lowest BCUT2D eigenvalue weighted by atomic mass is 10.2. The highest BCUT2D eigenvalue weighted by atomic mass is 32.2. The monoisotopic (exact) mass is 224 g/mol. The average Bonchev–Trinajstić information content (AvgIpc) is 1.78. The molecule has 0 aliphatic heterocycles. The van der Waals surface area contributed by atoms with Gasteiger partial charge in [0.15, 0.2) is 0 Å². The van der Waals surface area contributed by atoms with Crippen molar-refractivity contribution >= 4 is 16.0 Å². The van der Waals surface area contributed by atoms with Crippen molar-refractivity contribution in [3.05, 3.63) is 0 Å². The standard InChI is InChI=1S/C7H16N2O4S/c1-7(2,3)13-6(10)5(8)4-14(9,11)12/h5H,4,8H2,1-3H3,(H2,9,11,12). The normalized spacial score (nSPS) is 14.9. The highest BCUT2D eigenvalue weighted by Crippen LogP contribution is 2.08. The maximum atomic E-state index is 11.2. The van der Waals surface area contributed by atoms with Gasteiger partial charge in [-0.2, -0.15) is 0 Å². The van der Waals surface area contributed by atoms with E-state index in [2.05, 4.69) is 0 Å². The Bertz CT molecular complexity index is 304. The van der Waals surface area contributed by atoms with Crippen LogP contribution in [0.2, 0.25) is 0 Å². The van der Waals surface area contributed by atoms with Crippen molar-refractivity contribution in [2.45, 2.75) is 32.4 Å². The first kappa shape index (κ1) is 13.3. The molecule has 0 aromatic heterocycles. The maximum Gasteiger partial charge on any atom is 0.324 e. The molecule has 0 fully saturated rings. The van der Waals surface area contributed by atoms with E-state index in [1.807, 2.05) is 0 Å². The Balaban J connectivity index is 4.29. The number of nitrogens with two attached hydrogens (primary N) is 2. The average molecular weight is 224 g/mol. The van der Waals surface area contributed by atoms with Gasteiger partial charge in [0.2, 0.25) is 10.0 Å². The minimum absolute atomic E-state index is 0.609. The zero-order valence-corrected chi connectivity index (χ0v) is 9.30.